The fourth-order valence-corrected chi connectivity index (χ4v) is 9.88. The standard InChI is InChI=1S/C38H48N2O2Si/c1-7-8-9-28-19-30-20-31(42-3)11-12-32(30)36(37(28)35(41)14-15-43(4,5)6)29-10-13-33(34(21-29)39-2)40-38-22-25-16-26(23-38)18-27(17-25)24-38/h10-13,20-21,25-28,36-37,40H,7-9,16-19,22-24H2,1,3-6H3/t25?,26?,27?,28-,36-,37?,38?/m0/s1. The van der Waals surface area contributed by atoms with Gasteiger partial charge in [-0.05, 0) is 110 Å². The van der Waals surface area contributed by atoms with E-state index in [4.69, 9.17) is 11.3 Å². The molecule has 0 amide bonds. The van der Waals surface area contributed by atoms with Crippen molar-refractivity contribution in [1.29, 1.82) is 0 Å². The van der Waals surface area contributed by atoms with Gasteiger partial charge >= 0.3 is 0 Å². The Balaban J connectivity index is 1.41. The molecule has 1 unspecified atom stereocenters. The minimum atomic E-state index is -1.72. The molecule has 0 aliphatic heterocycles. The second-order valence-electron chi connectivity index (χ2n) is 15.3. The van der Waals surface area contributed by atoms with E-state index < -0.39 is 8.07 Å². The Labute approximate surface area is 260 Å². The fraction of sp³-hybridized carbons (Fsp3) is 0.579. The summed E-state index contributed by atoms with van der Waals surface area (Å²) in [4.78, 5) is 18.2. The molecule has 4 fully saturated rings. The quantitative estimate of drug-likeness (QED) is 0.189. The van der Waals surface area contributed by atoms with Crippen molar-refractivity contribution >= 4 is 25.2 Å². The van der Waals surface area contributed by atoms with Crippen molar-refractivity contribution in [2.45, 2.75) is 102 Å². The lowest BCUT2D eigenvalue weighted by atomic mass is 9.53. The Morgan fingerprint density at radius 2 is 1.77 bits per heavy atom. The minimum Gasteiger partial charge on any atom is -0.497 e. The molecule has 2 aromatic carbocycles. The van der Waals surface area contributed by atoms with Gasteiger partial charge in [0, 0.05) is 23.1 Å². The van der Waals surface area contributed by atoms with E-state index in [0.717, 1.165) is 60.4 Å². The Hall–Kier alpha value is -3.02. The van der Waals surface area contributed by atoms with Crippen LogP contribution in [0.25, 0.3) is 4.85 Å². The number of hydrogen-bond acceptors (Lipinski definition) is 3. The zero-order chi connectivity index (χ0) is 30.4. The third kappa shape index (κ3) is 6.16. The number of Topliss-reactive ketones (excluding diaryl/α,β-unsaturated/α-hetero) is 1. The molecule has 3 atom stereocenters. The molecule has 0 heterocycles. The Bertz CT molecular complexity index is 1450. The highest BCUT2D eigenvalue weighted by Gasteiger charge is 2.51. The molecule has 4 saturated carbocycles. The van der Waals surface area contributed by atoms with Gasteiger partial charge < -0.3 is 10.1 Å². The van der Waals surface area contributed by atoms with Crippen LogP contribution in [0.2, 0.25) is 19.6 Å². The van der Waals surface area contributed by atoms with Crippen LogP contribution >= 0.6 is 0 Å². The van der Waals surface area contributed by atoms with E-state index in [-0.39, 0.29) is 29.1 Å². The van der Waals surface area contributed by atoms with E-state index in [2.05, 4.69) is 78.5 Å². The van der Waals surface area contributed by atoms with Crippen LogP contribution < -0.4 is 10.1 Å². The number of carbonyl (C=O) groups is 1. The first-order valence-electron chi connectivity index (χ1n) is 16.6. The highest BCUT2D eigenvalue weighted by atomic mass is 28.3. The molecule has 4 bridgehead atoms. The average Bonchev–Trinajstić information content (AvgIpc) is 2.96. The van der Waals surface area contributed by atoms with Crippen LogP contribution in [0.4, 0.5) is 11.4 Å². The van der Waals surface area contributed by atoms with E-state index in [9.17, 15) is 4.79 Å². The second kappa shape index (κ2) is 11.8. The average molecular weight is 593 g/mol. The lowest BCUT2D eigenvalue weighted by molar-refractivity contribution is -0.119. The first-order chi connectivity index (χ1) is 20.6. The molecule has 43 heavy (non-hydrogen) atoms. The molecule has 0 saturated heterocycles. The van der Waals surface area contributed by atoms with Gasteiger partial charge in [-0.3, -0.25) is 4.79 Å². The van der Waals surface area contributed by atoms with Gasteiger partial charge in [0.25, 0.3) is 0 Å². The molecule has 5 heteroatoms. The maximum absolute atomic E-state index is 14.1. The van der Waals surface area contributed by atoms with Gasteiger partial charge in [0.15, 0.2) is 0 Å². The van der Waals surface area contributed by atoms with Gasteiger partial charge in [0.05, 0.1) is 13.7 Å². The first-order valence-corrected chi connectivity index (χ1v) is 20.1. The lowest BCUT2D eigenvalue weighted by Crippen LogP contribution is -2.54. The van der Waals surface area contributed by atoms with E-state index in [0.29, 0.717) is 5.69 Å². The summed E-state index contributed by atoms with van der Waals surface area (Å²) < 4.78 is 5.62. The third-order valence-electron chi connectivity index (χ3n) is 10.8. The van der Waals surface area contributed by atoms with Crippen LogP contribution in [-0.2, 0) is 11.2 Å². The number of anilines is 1. The van der Waals surface area contributed by atoms with E-state index in [1.165, 1.54) is 49.7 Å². The molecule has 4 nitrogen and oxygen atoms in total. The van der Waals surface area contributed by atoms with E-state index in [1.807, 2.05) is 6.07 Å². The maximum atomic E-state index is 14.1. The summed E-state index contributed by atoms with van der Waals surface area (Å²) >= 11 is 0. The number of benzene rings is 2. The predicted molar refractivity (Wildman–Crippen MR) is 178 cm³/mol. The normalized spacial score (nSPS) is 30.5. The number of rotatable bonds is 8. The number of methoxy groups -OCH3 is 1. The van der Waals surface area contributed by atoms with Crippen LogP contribution in [-0.4, -0.2) is 26.5 Å². The maximum Gasteiger partial charge on any atom is 0.209 e. The van der Waals surface area contributed by atoms with Gasteiger partial charge in [-0.2, -0.15) is 0 Å². The largest absolute Gasteiger partial charge is 0.497 e. The highest BCUT2D eigenvalue weighted by Crippen LogP contribution is 2.57. The smallest absolute Gasteiger partial charge is 0.209 e. The minimum absolute atomic E-state index is 0.0649. The number of fused-ring (bicyclic) bond motifs is 1. The van der Waals surface area contributed by atoms with Crippen LogP contribution in [0.5, 0.6) is 5.75 Å². The van der Waals surface area contributed by atoms with Crippen LogP contribution in [0, 0.1) is 47.6 Å². The van der Waals surface area contributed by atoms with Crippen molar-refractivity contribution in [2.75, 3.05) is 12.4 Å². The Morgan fingerprint density at radius 1 is 1.07 bits per heavy atom. The molecule has 2 aromatic rings. The number of carbonyl (C=O) groups excluding carboxylic acids is 1. The monoisotopic (exact) mass is 592 g/mol. The van der Waals surface area contributed by atoms with Gasteiger partial charge in [-0.15, -0.1) is 5.54 Å². The highest BCUT2D eigenvalue weighted by molar-refractivity contribution is 6.84. The summed E-state index contributed by atoms with van der Waals surface area (Å²) in [5.74, 6) is 6.44. The van der Waals surface area contributed by atoms with Crippen molar-refractivity contribution in [3.63, 3.8) is 0 Å². The van der Waals surface area contributed by atoms with Gasteiger partial charge in [0.2, 0.25) is 11.5 Å². The number of nitrogens with zero attached hydrogens (tertiary/aromatic N) is 1. The Kier molecular flexibility index (Phi) is 8.25. The van der Waals surface area contributed by atoms with Crippen LogP contribution in [0.15, 0.2) is 36.4 Å². The summed E-state index contributed by atoms with van der Waals surface area (Å²) in [6, 6.07) is 12.8. The van der Waals surface area contributed by atoms with Gasteiger partial charge in [-0.1, -0.05) is 63.2 Å². The molecular formula is C38H48N2O2Si. The summed E-state index contributed by atoms with van der Waals surface area (Å²) in [6.45, 7) is 17.0. The number of nitrogens with one attached hydrogen (secondary N) is 1. The van der Waals surface area contributed by atoms with Crippen molar-refractivity contribution in [1.82, 2.24) is 0 Å². The van der Waals surface area contributed by atoms with Crippen molar-refractivity contribution in [3.05, 3.63) is 64.5 Å². The molecule has 5 aliphatic rings. The zero-order valence-corrected chi connectivity index (χ0v) is 27.8. The summed E-state index contributed by atoms with van der Waals surface area (Å²) in [5.41, 5.74) is 8.66. The third-order valence-corrected chi connectivity index (χ3v) is 11.6. The van der Waals surface area contributed by atoms with Crippen molar-refractivity contribution in [3.8, 4) is 17.2 Å². The molecule has 7 rings (SSSR count). The fourth-order valence-electron chi connectivity index (χ4n) is 9.39. The van der Waals surface area contributed by atoms with Crippen molar-refractivity contribution in [2.24, 2.45) is 29.6 Å². The van der Waals surface area contributed by atoms with Crippen LogP contribution in [0.1, 0.15) is 87.3 Å². The zero-order valence-electron chi connectivity index (χ0n) is 26.8. The van der Waals surface area contributed by atoms with Crippen LogP contribution in [0.3, 0.4) is 0 Å². The Morgan fingerprint density at radius 3 is 2.37 bits per heavy atom. The van der Waals surface area contributed by atoms with Gasteiger partial charge in [0.1, 0.15) is 13.8 Å². The predicted octanol–water partition coefficient (Wildman–Crippen LogP) is 9.19. The first kappa shape index (κ1) is 30.0. The summed E-state index contributed by atoms with van der Waals surface area (Å²) in [7, 11) is -0.00485. The van der Waals surface area contributed by atoms with Crippen molar-refractivity contribution < 1.29 is 9.53 Å². The molecule has 0 radical (unpaired) electrons. The van der Waals surface area contributed by atoms with Gasteiger partial charge in [-0.25, -0.2) is 4.85 Å². The number of ketones is 1. The molecule has 1 N–H and O–H groups in total. The van der Waals surface area contributed by atoms with E-state index in [1.54, 1.807) is 7.11 Å². The molecule has 5 aliphatic carbocycles. The number of hydrogen-bond donors (Lipinski definition) is 1. The topological polar surface area (TPSA) is 42.7 Å². The number of unbranched alkanes of at least 4 members (excludes halogenated alkanes) is 1. The molecule has 0 spiro atoms. The summed E-state index contributed by atoms with van der Waals surface area (Å²) in [6.07, 6.45) is 11.9. The molecule has 226 valence electrons. The summed E-state index contributed by atoms with van der Waals surface area (Å²) in [5, 5.41) is 3.96. The SMILES string of the molecule is [C-]#[N+]c1cc([C@H]2c3ccc(OC)cc3C[C@H](CCCC)C2C(=O)C#C[Si](C)(C)C)ccc1NC12CC3CC(CC(C3)C1)C2. The van der Waals surface area contributed by atoms with E-state index >= 15 is 0 Å². The molecule has 0 aromatic heterocycles. The lowest BCUT2D eigenvalue weighted by Gasteiger charge is -2.57. The molecular weight excluding hydrogens is 545 g/mol. The second-order valence-corrected chi connectivity index (χ2v) is 20.0. The number of ether oxygens (including phenoxy) is 1.